The number of nitrogens with zero attached hydrogens (tertiary/aromatic N) is 1. The molecule has 1 aromatic heterocycles. The van der Waals surface area contributed by atoms with Crippen molar-refractivity contribution < 1.29 is 4.42 Å². The van der Waals surface area contributed by atoms with Crippen molar-refractivity contribution >= 4 is 0 Å². The Morgan fingerprint density at radius 2 is 2.05 bits per heavy atom. The predicted molar refractivity (Wildman–Crippen MR) is 86.3 cm³/mol. The van der Waals surface area contributed by atoms with Crippen molar-refractivity contribution in [2.75, 3.05) is 19.6 Å². The summed E-state index contributed by atoms with van der Waals surface area (Å²) < 4.78 is 5.72. The number of nitrogens with one attached hydrogen (secondary N) is 1. The van der Waals surface area contributed by atoms with E-state index in [4.69, 9.17) is 4.42 Å². The second kappa shape index (κ2) is 7.46. The average molecular weight is 290 g/mol. The molecule has 0 spiro atoms. The first-order valence-corrected chi connectivity index (χ1v) is 8.89. The third-order valence-electron chi connectivity index (χ3n) is 5.46. The first-order valence-electron chi connectivity index (χ1n) is 8.89. The van der Waals surface area contributed by atoms with Crippen LogP contribution in [0.5, 0.6) is 0 Å². The molecule has 3 nitrogen and oxygen atoms in total. The Labute approximate surface area is 129 Å². The van der Waals surface area contributed by atoms with Gasteiger partial charge in [-0.05, 0) is 56.8 Å². The molecule has 1 aliphatic carbocycles. The van der Waals surface area contributed by atoms with Gasteiger partial charge in [0.05, 0.1) is 12.3 Å². The summed E-state index contributed by atoms with van der Waals surface area (Å²) in [5.41, 5.74) is 0. The van der Waals surface area contributed by atoms with Crippen LogP contribution in [0.1, 0.15) is 63.7 Å². The third kappa shape index (κ3) is 3.70. The second-order valence-corrected chi connectivity index (χ2v) is 6.74. The van der Waals surface area contributed by atoms with Crippen molar-refractivity contribution in [1.82, 2.24) is 10.2 Å². The fourth-order valence-electron chi connectivity index (χ4n) is 4.17. The van der Waals surface area contributed by atoms with E-state index in [2.05, 4.69) is 23.2 Å². The standard InChI is InChI=1S/C18H30N2O/c1-2-15-8-3-4-9-16(15)19-14-17(18-10-7-13-21-18)20-11-5-6-12-20/h7,10,13,15-17,19H,2-6,8-9,11-12,14H2,1H3. The van der Waals surface area contributed by atoms with Crippen LogP contribution in [0.15, 0.2) is 22.8 Å². The predicted octanol–water partition coefficient (Wildman–Crippen LogP) is 3.97. The van der Waals surface area contributed by atoms with E-state index >= 15 is 0 Å². The zero-order valence-electron chi connectivity index (χ0n) is 13.4. The molecule has 0 radical (unpaired) electrons. The summed E-state index contributed by atoms with van der Waals surface area (Å²) >= 11 is 0. The smallest absolute Gasteiger partial charge is 0.122 e. The summed E-state index contributed by atoms with van der Waals surface area (Å²) in [6.07, 6.45) is 11.4. The van der Waals surface area contributed by atoms with Crippen LogP contribution in [0.2, 0.25) is 0 Å². The zero-order valence-corrected chi connectivity index (χ0v) is 13.4. The van der Waals surface area contributed by atoms with Crippen LogP contribution in [0, 0.1) is 5.92 Å². The fourth-order valence-corrected chi connectivity index (χ4v) is 4.17. The Morgan fingerprint density at radius 3 is 2.76 bits per heavy atom. The highest BCUT2D eigenvalue weighted by Gasteiger charge is 2.28. The maximum absolute atomic E-state index is 5.72. The fraction of sp³-hybridized carbons (Fsp3) is 0.778. The Bertz CT molecular complexity index is 397. The molecule has 3 unspecified atom stereocenters. The lowest BCUT2D eigenvalue weighted by Gasteiger charge is -2.34. The van der Waals surface area contributed by atoms with Gasteiger partial charge in [0.15, 0.2) is 0 Å². The number of furan rings is 1. The van der Waals surface area contributed by atoms with Gasteiger partial charge < -0.3 is 9.73 Å². The van der Waals surface area contributed by atoms with Crippen molar-refractivity contribution in [2.24, 2.45) is 5.92 Å². The molecule has 1 N–H and O–H groups in total. The van der Waals surface area contributed by atoms with Gasteiger partial charge in [0.2, 0.25) is 0 Å². The normalized spacial score (nSPS) is 28.8. The molecule has 2 fully saturated rings. The van der Waals surface area contributed by atoms with Crippen LogP contribution in [0.25, 0.3) is 0 Å². The minimum atomic E-state index is 0.418. The van der Waals surface area contributed by atoms with E-state index in [1.54, 1.807) is 0 Å². The largest absolute Gasteiger partial charge is 0.468 e. The van der Waals surface area contributed by atoms with Gasteiger partial charge in [-0.25, -0.2) is 0 Å². The molecule has 3 heteroatoms. The van der Waals surface area contributed by atoms with E-state index in [-0.39, 0.29) is 0 Å². The minimum Gasteiger partial charge on any atom is -0.468 e. The molecule has 0 amide bonds. The maximum atomic E-state index is 5.72. The number of likely N-dealkylation sites (tertiary alicyclic amines) is 1. The Hall–Kier alpha value is -0.800. The van der Waals surface area contributed by atoms with Crippen LogP contribution < -0.4 is 5.32 Å². The van der Waals surface area contributed by atoms with E-state index in [0.717, 1.165) is 18.2 Å². The molecule has 1 saturated carbocycles. The van der Waals surface area contributed by atoms with Gasteiger partial charge in [-0.15, -0.1) is 0 Å². The van der Waals surface area contributed by atoms with Crippen molar-refractivity contribution in [1.29, 1.82) is 0 Å². The lowest BCUT2D eigenvalue weighted by molar-refractivity contribution is 0.183. The van der Waals surface area contributed by atoms with E-state index in [9.17, 15) is 0 Å². The lowest BCUT2D eigenvalue weighted by Crippen LogP contribution is -2.43. The van der Waals surface area contributed by atoms with E-state index < -0.39 is 0 Å². The summed E-state index contributed by atoms with van der Waals surface area (Å²) in [4.78, 5) is 2.59. The molecule has 3 rings (SSSR count). The summed E-state index contributed by atoms with van der Waals surface area (Å²) in [6, 6.07) is 5.29. The molecule has 2 heterocycles. The molecule has 1 aromatic rings. The van der Waals surface area contributed by atoms with Crippen LogP contribution in [0.4, 0.5) is 0 Å². The highest BCUT2D eigenvalue weighted by atomic mass is 16.3. The Kier molecular flexibility index (Phi) is 5.37. The summed E-state index contributed by atoms with van der Waals surface area (Å²) in [6.45, 7) is 5.81. The SMILES string of the molecule is CCC1CCCCC1NCC(c1ccco1)N1CCCC1. The van der Waals surface area contributed by atoms with Crippen LogP contribution >= 0.6 is 0 Å². The lowest BCUT2D eigenvalue weighted by atomic mass is 9.83. The molecular formula is C18H30N2O. The topological polar surface area (TPSA) is 28.4 Å². The molecule has 1 aliphatic heterocycles. The molecule has 21 heavy (non-hydrogen) atoms. The minimum absolute atomic E-state index is 0.418. The molecular weight excluding hydrogens is 260 g/mol. The van der Waals surface area contributed by atoms with Crippen LogP contribution in [-0.2, 0) is 0 Å². The number of hydrogen-bond donors (Lipinski definition) is 1. The summed E-state index contributed by atoms with van der Waals surface area (Å²) in [5.74, 6) is 2.00. The molecule has 118 valence electrons. The molecule has 1 saturated heterocycles. The van der Waals surface area contributed by atoms with Crippen molar-refractivity contribution in [3.63, 3.8) is 0 Å². The highest BCUT2D eigenvalue weighted by Crippen LogP contribution is 2.29. The van der Waals surface area contributed by atoms with Crippen molar-refractivity contribution in [3.05, 3.63) is 24.2 Å². The van der Waals surface area contributed by atoms with Crippen molar-refractivity contribution in [2.45, 2.75) is 64.0 Å². The van der Waals surface area contributed by atoms with Gasteiger partial charge in [-0.1, -0.05) is 26.2 Å². The van der Waals surface area contributed by atoms with Crippen molar-refractivity contribution in [3.8, 4) is 0 Å². The van der Waals surface area contributed by atoms with Gasteiger partial charge in [0.1, 0.15) is 5.76 Å². The van der Waals surface area contributed by atoms with E-state index in [0.29, 0.717) is 12.1 Å². The molecule has 0 aromatic carbocycles. The molecule has 0 bridgehead atoms. The van der Waals surface area contributed by atoms with Gasteiger partial charge >= 0.3 is 0 Å². The number of hydrogen-bond acceptors (Lipinski definition) is 3. The molecule has 2 aliphatic rings. The second-order valence-electron chi connectivity index (χ2n) is 6.74. The van der Waals surface area contributed by atoms with Crippen LogP contribution in [-0.4, -0.2) is 30.6 Å². The Balaban J connectivity index is 1.61. The Morgan fingerprint density at radius 1 is 1.24 bits per heavy atom. The van der Waals surface area contributed by atoms with Gasteiger partial charge in [0, 0.05) is 12.6 Å². The quantitative estimate of drug-likeness (QED) is 0.859. The summed E-state index contributed by atoms with van der Waals surface area (Å²) in [5, 5.41) is 3.89. The van der Waals surface area contributed by atoms with Gasteiger partial charge in [0.25, 0.3) is 0 Å². The summed E-state index contributed by atoms with van der Waals surface area (Å²) in [7, 11) is 0. The van der Waals surface area contributed by atoms with E-state index in [1.165, 1.54) is 58.0 Å². The first-order chi connectivity index (χ1) is 10.4. The van der Waals surface area contributed by atoms with Gasteiger partial charge in [-0.3, -0.25) is 4.90 Å². The number of rotatable bonds is 6. The van der Waals surface area contributed by atoms with E-state index in [1.807, 2.05) is 12.3 Å². The first kappa shape index (κ1) is 15.1. The maximum Gasteiger partial charge on any atom is 0.122 e. The van der Waals surface area contributed by atoms with Crippen LogP contribution in [0.3, 0.4) is 0 Å². The monoisotopic (exact) mass is 290 g/mol. The zero-order chi connectivity index (χ0) is 14.5. The molecule has 3 atom stereocenters. The highest BCUT2D eigenvalue weighted by molar-refractivity contribution is 5.06. The third-order valence-corrected chi connectivity index (χ3v) is 5.46. The average Bonchev–Trinajstić information content (AvgIpc) is 3.22. The van der Waals surface area contributed by atoms with Gasteiger partial charge in [-0.2, -0.15) is 0 Å².